The number of aliphatic hydroxyl groups is 1. The third-order valence-corrected chi connectivity index (χ3v) is 0.542. The number of ether oxygens (including phenoxy) is 1. The number of hydrogen-bond donors (Lipinski definition) is 1. The predicted molar refractivity (Wildman–Crippen MR) is 23.7 cm³/mol. The summed E-state index contributed by atoms with van der Waals surface area (Å²) >= 11 is 0. The Hall–Kier alpha value is 0.170. The Bertz CT molecular complexity index is 71.7. The van der Waals surface area contributed by atoms with Crippen LogP contribution < -0.4 is 0 Å². The fraction of sp³-hybridized carbons (Fsp3) is 0.750. The van der Waals surface area contributed by atoms with E-state index in [4.69, 9.17) is 5.11 Å². The van der Waals surface area contributed by atoms with E-state index in [0.717, 1.165) is 0 Å². The van der Waals surface area contributed by atoms with Crippen LogP contribution in [0.15, 0.2) is 0 Å². The average molecular weight is 212 g/mol. The van der Waals surface area contributed by atoms with Crippen molar-refractivity contribution in [3.8, 4) is 0 Å². The van der Waals surface area contributed by atoms with E-state index in [1.807, 2.05) is 0 Å². The normalized spacial score (nSPS) is 11.4. The molecule has 1 N–H and O–H groups in total. The molecule has 0 saturated carbocycles. The van der Waals surface area contributed by atoms with Crippen molar-refractivity contribution in [1.82, 2.24) is 0 Å². The molecule has 0 aromatic carbocycles. The molecular weight excluding hydrogens is 204 g/mol. The van der Waals surface area contributed by atoms with Crippen molar-refractivity contribution in [3.63, 3.8) is 0 Å². The first-order chi connectivity index (χ1) is 3.18. The molecular formula is C4H8AgO3. The molecule has 0 saturated heterocycles. The van der Waals surface area contributed by atoms with Crippen LogP contribution in [0.2, 0.25) is 0 Å². The van der Waals surface area contributed by atoms with E-state index in [1.165, 1.54) is 14.0 Å². The second kappa shape index (κ2) is 5.31. The number of rotatable bonds is 1. The standard InChI is InChI=1S/C4H8O3.Ag/c1-3(5)4(6)7-2;/h3,5H,1-2H3;. The van der Waals surface area contributed by atoms with Crippen LogP contribution in [0.25, 0.3) is 0 Å². The van der Waals surface area contributed by atoms with Crippen LogP contribution in [-0.4, -0.2) is 24.3 Å². The smallest absolute Gasteiger partial charge is 0.334 e. The van der Waals surface area contributed by atoms with Crippen LogP contribution in [0.5, 0.6) is 0 Å². The van der Waals surface area contributed by atoms with Gasteiger partial charge in [0.25, 0.3) is 0 Å². The molecule has 0 heterocycles. The van der Waals surface area contributed by atoms with Crippen LogP contribution in [0.4, 0.5) is 0 Å². The summed E-state index contributed by atoms with van der Waals surface area (Å²) in [4.78, 5) is 10.0. The SMILES string of the molecule is COC(=O)C(C)O.[Ag]. The van der Waals surface area contributed by atoms with E-state index < -0.39 is 12.1 Å². The molecule has 0 aliphatic heterocycles. The van der Waals surface area contributed by atoms with Gasteiger partial charge in [-0.1, -0.05) is 0 Å². The zero-order valence-corrected chi connectivity index (χ0v) is 6.12. The van der Waals surface area contributed by atoms with Gasteiger partial charge >= 0.3 is 5.97 Å². The molecule has 0 rings (SSSR count). The van der Waals surface area contributed by atoms with Crippen molar-refractivity contribution < 1.29 is 37.0 Å². The molecule has 0 aromatic heterocycles. The largest absolute Gasteiger partial charge is 0.467 e. The van der Waals surface area contributed by atoms with Gasteiger partial charge in [-0.3, -0.25) is 0 Å². The Morgan fingerprint density at radius 3 is 2.12 bits per heavy atom. The first-order valence-corrected chi connectivity index (χ1v) is 1.94. The first kappa shape index (κ1) is 11.0. The maximum atomic E-state index is 10.0. The summed E-state index contributed by atoms with van der Waals surface area (Å²) in [5.74, 6) is -0.597. The van der Waals surface area contributed by atoms with Crippen molar-refractivity contribution in [3.05, 3.63) is 0 Å². The van der Waals surface area contributed by atoms with E-state index in [-0.39, 0.29) is 22.4 Å². The fourth-order valence-corrected chi connectivity index (χ4v) is 0.171. The Morgan fingerprint density at radius 2 is 2.12 bits per heavy atom. The molecule has 1 radical (unpaired) electrons. The Morgan fingerprint density at radius 1 is 1.75 bits per heavy atom. The zero-order valence-electron chi connectivity index (χ0n) is 4.64. The van der Waals surface area contributed by atoms with Crippen LogP contribution in [-0.2, 0) is 31.9 Å². The summed E-state index contributed by atoms with van der Waals surface area (Å²) in [6, 6.07) is 0. The number of methoxy groups -OCH3 is 1. The maximum Gasteiger partial charge on any atom is 0.334 e. The number of aliphatic hydroxyl groups excluding tert-OH is 1. The van der Waals surface area contributed by atoms with Gasteiger partial charge in [-0.15, -0.1) is 0 Å². The maximum absolute atomic E-state index is 10.0. The second-order valence-electron chi connectivity index (χ2n) is 1.20. The van der Waals surface area contributed by atoms with Crippen molar-refractivity contribution in [2.24, 2.45) is 0 Å². The number of carbonyl (C=O) groups is 1. The second-order valence-corrected chi connectivity index (χ2v) is 1.20. The molecule has 3 nitrogen and oxygen atoms in total. The molecule has 0 fully saturated rings. The summed E-state index contributed by atoms with van der Waals surface area (Å²) in [6.45, 7) is 1.35. The van der Waals surface area contributed by atoms with E-state index >= 15 is 0 Å². The zero-order chi connectivity index (χ0) is 5.86. The molecule has 0 aliphatic carbocycles. The van der Waals surface area contributed by atoms with Crippen molar-refractivity contribution in [1.29, 1.82) is 0 Å². The first-order valence-electron chi connectivity index (χ1n) is 1.94. The molecule has 0 amide bonds. The minimum atomic E-state index is -0.995. The molecule has 0 aliphatic rings. The van der Waals surface area contributed by atoms with E-state index in [0.29, 0.717) is 0 Å². The molecule has 4 heteroatoms. The molecule has 1 unspecified atom stereocenters. The van der Waals surface area contributed by atoms with Crippen molar-refractivity contribution in [2.45, 2.75) is 13.0 Å². The van der Waals surface area contributed by atoms with Crippen LogP contribution in [0, 0.1) is 0 Å². The van der Waals surface area contributed by atoms with E-state index in [1.54, 1.807) is 0 Å². The van der Waals surface area contributed by atoms with Crippen molar-refractivity contribution in [2.75, 3.05) is 7.11 Å². The molecule has 1 atom stereocenters. The molecule has 0 bridgehead atoms. The minimum Gasteiger partial charge on any atom is -0.467 e. The van der Waals surface area contributed by atoms with Crippen LogP contribution >= 0.6 is 0 Å². The Labute approximate surface area is 63.5 Å². The average Bonchev–Trinajstić information content (AvgIpc) is 1.65. The van der Waals surface area contributed by atoms with Crippen molar-refractivity contribution >= 4 is 5.97 Å². The predicted octanol–water partition coefficient (Wildman–Crippen LogP) is -0.462. The summed E-state index contributed by atoms with van der Waals surface area (Å²) in [6.07, 6.45) is -0.995. The van der Waals surface area contributed by atoms with Crippen LogP contribution in [0.1, 0.15) is 6.92 Å². The van der Waals surface area contributed by atoms with Gasteiger partial charge < -0.3 is 9.84 Å². The number of carbonyl (C=O) groups excluding carboxylic acids is 1. The molecule has 0 aromatic rings. The van der Waals surface area contributed by atoms with Crippen LogP contribution in [0.3, 0.4) is 0 Å². The van der Waals surface area contributed by atoms with Gasteiger partial charge in [0.2, 0.25) is 0 Å². The van der Waals surface area contributed by atoms with Gasteiger partial charge in [-0.25, -0.2) is 4.79 Å². The quantitative estimate of drug-likeness (QED) is 0.472. The summed E-state index contributed by atoms with van der Waals surface area (Å²) in [7, 11) is 1.23. The van der Waals surface area contributed by atoms with Gasteiger partial charge in [-0.2, -0.15) is 0 Å². The van der Waals surface area contributed by atoms with Gasteiger partial charge in [-0.05, 0) is 6.92 Å². The van der Waals surface area contributed by atoms with Gasteiger partial charge in [0.15, 0.2) is 0 Å². The Kier molecular flexibility index (Phi) is 7.32. The number of hydrogen-bond acceptors (Lipinski definition) is 3. The van der Waals surface area contributed by atoms with Gasteiger partial charge in [0, 0.05) is 22.4 Å². The number of esters is 1. The Balaban J connectivity index is 0. The van der Waals surface area contributed by atoms with E-state index in [2.05, 4.69) is 4.74 Å². The topological polar surface area (TPSA) is 46.5 Å². The molecule has 8 heavy (non-hydrogen) atoms. The molecule has 0 spiro atoms. The summed E-state index contributed by atoms with van der Waals surface area (Å²) in [5, 5.41) is 8.35. The third kappa shape index (κ3) is 4.33. The van der Waals surface area contributed by atoms with E-state index in [9.17, 15) is 4.79 Å². The van der Waals surface area contributed by atoms with Gasteiger partial charge in [0.05, 0.1) is 7.11 Å². The van der Waals surface area contributed by atoms with Gasteiger partial charge in [0.1, 0.15) is 6.10 Å². The summed E-state index contributed by atoms with van der Waals surface area (Å²) in [5.41, 5.74) is 0. The third-order valence-electron chi connectivity index (χ3n) is 0.542. The minimum absolute atomic E-state index is 0. The summed E-state index contributed by atoms with van der Waals surface area (Å²) < 4.78 is 4.12. The fourth-order valence-electron chi connectivity index (χ4n) is 0.171. The molecule has 53 valence electrons. The monoisotopic (exact) mass is 211 g/mol.